The van der Waals surface area contributed by atoms with Gasteiger partial charge in [-0.25, -0.2) is 0 Å². The number of nitrogens with one attached hydrogen (secondary N) is 1. The Morgan fingerprint density at radius 2 is 2.05 bits per heavy atom. The predicted molar refractivity (Wildman–Crippen MR) is 73.8 cm³/mol. The minimum Gasteiger partial charge on any atom is -0.386 e. The first-order valence-electron chi connectivity index (χ1n) is 8.25. The highest BCUT2D eigenvalue weighted by atomic mass is 16.5. The average molecular weight is 265 g/mol. The second-order valence-corrected chi connectivity index (χ2v) is 7.51. The van der Waals surface area contributed by atoms with Gasteiger partial charge in [0.2, 0.25) is 0 Å². The first-order valence-corrected chi connectivity index (χ1v) is 8.25. The molecule has 1 saturated heterocycles. The SMILES string of the molecule is CC1OCCC1(O)CNC1CC2CC1C1CCCC21. The fourth-order valence-corrected chi connectivity index (χ4v) is 5.61. The van der Waals surface area contributed by atoms with E-state index in [0.717, 1.165) is 36.6 Å². The predicted octanol–water partition coefficient (Wildman–Crippen LogP) is 1.94. The highest BCUT2D eigenvalue weighted by Crippen LogP contribution is 2.58. The molecular weight excluding hydrogens is 238 g/mol. The summed E-state index contributed by atoms with van der Waals surface area (Å²) < 4.78 is 5.52. The standard InChI is InChI=1S/C16H27NO2/c1-10-16(18,5-6-19-10)9-17-15-8-11-7-14(15)13-4-2-3-12(11)13/h10-15,17-18H,2-9H2,1H3. The molecule has 4 rings (SSSR count). The van der Waals surface area contributed by atoms with Gasteiger partial charge in [-0.3, -0.25) is 0 Å². The fraction of sp³-hybridized carbons (Fsp3) is 1.00. The molecule has 0 aromatic rings. The lowest BCUT2D eigenvalue weighted by molar-refractivity contribution is -0.0294. The van der Waals surface area contributed by atoms with Crippen LogP contribution in [0.3, 0.4) is 0 Å². The molecule has 108 valence electrons. The van der Waals surface area contributed by atoms with Crippen LogP contribution in [0.4, 0.5) is 0 Å². The molecule has 1 heterocycles. The van der Waals surface area contributed by atoms with E-state index < -0.39 is 5.60 Å². The molecule has 2 N–H and O–H groups in total. The van der Waals surface area contributed by atoms with E-state index in [1.807, 2.05) is 6.92 Å². The van der Waals surface area contributed by atoms with Crippen molar-refractivity contribution in [1.29, 1.82) is 0 Å². The van der Waals surface area contributed by atoms with Crippen LogP contribution >= 0.6 is 0 Å². The van der Waals surface area contributed by atoms with E-state index in [4.69, 9.17) is 4.74 Å². The highest BCUT2D eigenvalue weighted by Gasteiger charge is 2.54. The highest BCUT2D eigenvalue weighted by molar-refractivity contribution is 5.06. The van der Waals surface area contributed by atoms with E-state index >= 15 is 0 Å². The van der Waals surface area contributed by atoms with Gasteiger partial charge in [0.15, 0.2) is 0 Å². The zero-order chi connectivity index (χ0) is 13.0. The van der Waals surface area contributed by atoms with Gasteiger partial charge in [-0.05, 0) is 56.3 Å². The van der Waals surface area contributed by atoms with Crippen LogP contribution in [0.5, 0.6) is 0 Å². The van der Waals surface area contributed by atoms with E-state index in [9.17, 15) is 5.11 Å². The van der Waals surface area contributed by atoms with Crippen LogP contribution in [-0.2, 0) is 4.74 Å². The van der Waals surface area contributed by atoms with Gasteiger partial charge >= 0.3 is 0 Å². The zero-order valence-electron chi connectivity index (χ0n) is 12.0. The molecule has 0 amide bonds. The largest absolute Gasteiger partial charge is 0.386 e. The molecule has 3 heteroatoms. The molecule has 2 bridgehead atoms. The second-order valence-electron chi connectivity index (χ2n) is 7.51. The zero-order valence-corrected chi connectivity index (χ0v) is 12.0. The number of aliphatic hydroxyl groups is 1. The molecule has 4 aliphatic rings. The third kappa shape index (κ3) is 1.89. The van der Waals surface area contributed by atoms with Crippen LogP contribution in [0.2, 0.25) is 0 Å². The van der Waals surface area contributed by atoms with E-state index in [2.05, 4.69) is 5.32 Å². The molecule has 19 heavy (non-hydrogen) atoms. The van der Waals surface area contributed by atoms with E-state index in [1.54, 1.807) is 0 Å². The molecular formula is C16H27NO2. The monoisotopic (exact) mass is 265 g/mol. The van der Waals surface area contributed by atoms with Crippen molar-refractivity contribution in [3.63, 3.8) is 0 Å². The Labute approximate surface area is 116 Å². The van der Waals surface area contributed by atoms with E-state index in [1.165, 1.54) is 32.1 Å². The van der Waals surface area contributed by atoms with Crippen molar-refractivity contribution < 1.29 is 9.84 Å². The number of hydrogen-bond donors (Lipinski definition) is 2. The number of fused-ring (bicyclic) bond motifs is 5. The lowest BCUT2D eigenvalue weighted by Crippen LogP contribution is -2.50. The summed E-state index contributed by atoms with van der Waals surface area (Å²) in [5, 5.41) is 14.3. The average Bonchev–Trinajstić information content (AvgIpc) is 3.10. The maximum absolute atomic E-state index is 10.6. The first kappa shape index (κ1) is 12.6. The molecule has 3 nitrogen and oxygen atoms in total. The second kappa shape index (κ2) is 4.44. The minimum atomic E-state index is -0.628. The lowest BCUT2D eigenvalue weighted by Gasteiger charge is -2.35. The van der Waals surface area contributed by atoms with Gasteiger partial charge in [-0.15, -0.1) is 0 Å². The maximum Gasteiger partial charge on any atom is 0.105 e. The van der Waals surface area contributed by atoms with Gasteiger partial charge in [0.25, 0.3) is 0 Å². The van der Waals surface area contributed by atoms with Crippen LogP contribution in [-0.4, -0.2) is 36.0 Å². The quantitative estimate of drug-likeness (QED) is 0.819. The van der Waals surface area contributed by atoms with Crippen molar-refractivity contribution in [2.45, 2.75) is 63.2 Å². The van der Waals surface area contributed by atoms with Gasteiger partial charge in [0.1, 0.15) is 5.60 Å². The van der Waals surface area contributed by atoms with Crippen LogP contribution in [0.1, 0.15) is 45.4 Å². The van der Waals surface area contributed by atoms with Crippen molar-refractivity contribution in [1.82, 2.24) is 5.32 Å². The molecule has 4 fully saturated rings. The van der Waals surface area contributed by atoms with Crippen molar-refractivity contribution in [3.8, 4) is 0 Å². The number of hydrogen-bond acceptors (Lipinski definition) is 3. The Balaban J connectivity index is 1.37. The summed E-state index contributed by atoms with van der Waals surface area (Å²) in [6, 6.07) is 0.668. The normalized spacial score (nSPS) is 55.9. The molecule has 7 unspecified atom stereocenters. The third-order valence-electron chi connectivity index (χ3n) is 6.76. The van der Waals surface area contributed by atoms with Gasteiger partial charge in [-0.2, -0.15) is 0 Å². The van der Waals surface area contributed by atoms with Crippen LogP contribution in [0.25, 0.3) is 0 Å². The molecule has 7 atom stereocenters. The number of ether oxygens (including phenoxy) is 1. The minimum absolute atomic E-state index is 0.0159. The Morgan fingerprint density at radius 3 is 2.84 bits per heavy atom. The van der Waals surface area contributed by atoms with Crippen LogP contribution in [0.15, 0.2) is 0 Å². The van der Waals surface area contributed by atoms with Gasteiger partial charge in [-0.1, -0.05) is 6.42 Å². The molecule has 0 spiro atoms. The van der Waals surface area contributed by atoms with Gasteiger partial charge < -0.3 is 15.2 Å². The van der Waals surface area contributed by atoms with Crippen molar-refractivity contribution in [3.05, 3.63) is 0 Å². The van der Waals surface area contributed by atoms with Gasteiger partial charge in [0.05, 0.1) is 6.10 Å². The molecule has 0 aromatic carbocycles. The van der Waals surface area contributed by atoms with E-state index in [0.29, 0.717) is 12.6 Å². The summed E-state index contributed by atoms with van der Waals surface area (Å²) in [7, 11) is 0. The summed E-state index contributed by atoms with van der Waals surface area (Å²) in [6.07, 6.45) is 8.01. The van der Waals surface area contributed by atoms with Crippen molar-refractivity contribution in [2.24, 2.45) is 23.7 Å². The molecule has 0 aromatic heterocycles. The Bertz CT molecular complexity index is 361. The third-order valence-corrected chi connectivity index (χ3v) is 6.76. The van der Waals surface area contributed by atoms with Gasteiger partial charge in [0, 0.05) is 25.6 Å². The first-order chi connectivity index (χ1) is 9.17. The Hall–Kier alpha value is -0.120. The van der Waals surface area contributed by atoms with E-state index in [-0.39, 0.29) is 6.10 Å². The lowest BCUT2D eigenvalue weighted by atomic mass is 9.79. The molecule has 0 radical (unpaired) electrons. The smallest absolute Gasteiger partial charge is 0.105 e. The summed E-state index contributed by atoms with van der Waals surface area (Å²) in [4.78, 5) is 0. The summed E-state index contributed by atoms with van der Waals surface area (Å²) in [6.45, 7) is 3.43. The Kier molecular flexibility index (Phi) is 2.95. The Morgan fingerprint density at radius 1 is 1.21 bits per heavy atom. The summed E-state index contributed by atoms with van der Waals surface area (Å²) in [5.41, 5.74) is -0.628. The summed E-state index contributed by atoms with van der Waals surface area (Å²) >= 11 is 0. The fourth-order valence-electron chi connectivity index (χ4n) is 5.61. The topological polar surface area (TPSA) is 41.5 Å². The number of rotatable bonds is 3. The molecule has 3 aliphatic carbocycles. The van der Waals surface area contributed by atoms with Crippen LogP contribution in [0, 0.1) is 23.7 Å². The summed E-state index contributed by atoms with van der Waals surface area (Å²) in [5.74, 6) is 3.95. The molecule has 3 saturated carbocycles. The maximum atomic E-state index is 10.6. The van der Waals surface area contributed by atoms with Crippen molar-refractivity contribution >= 4 is 0 Å². The molecule has 1 aliphatic heterocycles. The van der Waals surface area contributed by atoms with Crippen molar-refractivity contribution in [2.75, 3.05) is 13.2 Å². The van der Waals surface area contributed by atoms with Crippen LogP contribution < -0.4 is 5.32 Å².